The van der Waals surface area contributed by atoms with Crippen LogP contribution in [0.15, 0.2) is 12.2 Å². The van der Waals surface area contributed by atoms with Crippen LogP contribution in [0.1, 0.15) is 39.0 Å². The highest BCUT2D eigenvalue weighted by molar-refractivity contribution is 6.07. The second kappa shape index (κ2) is 7.02. The number of fused-ring (bicyclic) bond motifs is 1. The van der Waals surface area contributed by atoms with Gasteiger partial charge in [0.25, 0.3) is 0 Å². The molecule has 4 aliphatic rings. The Hall–Kier alpha value is -1.73. The molecular formula is C20H28N2O5. The molecule has 3 aliphatic heterocycles. The van der Waals surface area contributed by atoms with Crippen LogP contribution in [-0.4, -0.2) is 70.6 Å². The number of amides is 3. The van der Waals surface area contributed by atoms with E-state index in [0.717, 1.165) is 17.7 Å². The first-order valence-electron chi connectivity index (χ1n) is 10.00. The van der Waals surface area contributed by atoms with Crippen molar-refractivity contribution in [3.8, 4) is 0 Å². The van der Waals surface area contributed by atoms with E-state index in [1.54, 1.807) is 4.90 Å². The van der Waals surface area contributed by atoms with Crippen molar-refractivity contribution in [3.63, 3.8) is 0 Å². The van der Waals surface area contributed by atoms with Gasteiger partial charge in [-0.1, -0.05) is 12.2 Å². The van der Waals surface area contributed by atoms with Gasteiger partial charge in [0, 0.05) is 25.1 Å². The molecule has 0 aromatic carbocycles. The summed E-state index contributed by atoms with van der Waals surface area (Å²) in [5.74, 6) is -1.39. The van der Waals surface area contributed by atoms with Gasteiger partial charge < -0.3 is 14.7 Å². The van der Waals surface area contributed by atoms with Gasteiger partial charge in [-0.15, -0.1) is 0 Å². The predicted octanol–water partition coefficient (Wildman–Crippen LogP) is 0.716. The maximum Gasteiger partial charge on any atom is 0.243 e. The number of imide groups is 1. The van der Waals surface area contributed by atoms with E-state index in [2.05, 4.69) is 0 Å². The number of carbonyl (C=O) groups excluding carboxylic acids is 3. The molecule has 1 N–H and O–H groups in total. The lowest BCUT2D eigenvalue weighted by atomic mass is 9.79. The summed E-state index contributed by atoms with van der Waals surface area (Å²) in [6.07, 6.45) is 7.27. The number of likely N-dealkylation sites (tertiary alicyclic amines) is 2. The fourth-order valence-corrected chi connectivity index (χ4v) is 5.15. The average molecular weight is 376 g/mol. The molecule has 0 bridgehead atoms. The molecule has 4 rings (SSSR count). The average Bonchev–Trinajstić information content (AvgIpc) is 3.21. The highest BCUT2D eigenvalue weighted by atomic mass is 16.5. The molecule has 7 heteroatoms. The number of carbonyl (C=O) groups is 3. The van der Waals surface area contributed by atoms with Crippen LogP contribution in [0.4, 0.5) is 0 Å². The lowest BCUT2D eigenvalue weighted by Gasteiger charge is -2.43. The largest absolute Gasteiger partial charge is 0.390 e. The fraction of sp³-hybridized carbons (Fsp3) is 0.750. The molecule has 3 heterocycles. The summed E-state index contributed by atoms with van der Waals surface area (Å²) in [5.41, 5.74) is -0.869. The fourth-order valence-electron chi connectivity index (χ4n) is 5.15. The van der Waals surface area contributed by atoms with Crippen LogP contribution in [-0.2, 0) is 19.1 Å². The van der Waals surface area contributed by atoms with Crippen LogP contribution in [0, 0.1) is 17.8 Å². The number of ether oxygens (including phenoxy) is 1. The van der Waals surface area contributed by atoms with E-state index in [9.17, 15) is 19.5 Å². The molecule has 148 valence electrons. The lowest BCUT2D eigenvalue weighted by Crippen LogP contribution is -2.55. The second-order valence-electron chi connectivity index (χ2n) is 8.50. The van der Waals surface area contributed by atoms with Gasteiger partial charge in [0.2, 0.25) is 17.7 Å². The molecular weight excluding hydrogens is 348 g/mol. The molecule has 7 nitrogen and oxygen atoms in total. The molecule has 0 aromatic heterocycles. The number of hydrogen-bond donors (Lipinski definition) is 1. The van der Waals surface area contributed by atoms with Crippen molar-refractivity contribution < 1.29 is 24.2 Å². The summed E-state index contributed by atoms with van der Waals surface area (Å²) in [4.78, 5) is 41.2. The van der Waals surface area contributed by atoms with Crippen molar-refractivity contribution in [3.05, 3.63) is 12.2 Å². The van der Waals surface area contributed by atoms with Gasteiger partial charge >= 0.3 is 0 Å². The minimum Gasteiger partial charge on any atom is -0.390 e. The molecule has 5 atom stereocenters. The summed E-state index contributed by atoms with van der Waals surface area (Å²) in [7, 11) is 0. The Kier molecular flexibility index (Phi) is 4.84. The summed E-state index contributed by atoms with van der Waals surface area (Å²) in [5, 5.41) is 10.8. The van der Waals surface area contributed by atoms with Gasteiger partial charge in [0.05, 0.1) is 24.0 Å². The quantitative estimate of drug-likeness (QED) is 0.579. The third-order valence-electron chi connectivity index (χ3n) is 6.83. The maximum atomic E-state index is 13.0. The van der Waals surface area contributed by atoms with Gasteiger partial charge in [-0.3, -0.25) is 19.3 Å². The monoisotopic (exact) mass is 376 g/mol. The Morgan fingerprint density at radius 1 is 1.26 bits per heavy atom. The van der Waals surface area contributed by atoms with Crippen LogP contribution in [0.5, 0.6) is 0 Å². The first-order chi connectivity index (χ1) is 12.9. The summed E-state index contributed by atoms with van der Waals surface area (Å²) in [6, 6.07) is -0.107. The van der Waals surface area contributed by atoms with Crippen LogP contribution in [0.25, 0.3) is 0 Å². The lowest BCUT2D eigenvalue weighted by molar-refractivity contribution is -0.152. The zero-order valence-electron chi connectivity index (χ0n) is 15.8. The first kappa shape index (κ1) is 18.6. The molecule has 3 fully saturated rings. The topological polar surface area (TPSA) is 87.2 Å². The molecule has 0 spiro atoms. The normalized spacial score (nSPS) is 39.2. The third kappa shape index (κ3) is 3.21. The van der Waals surface area contributed by atoms with Gasteiger partial charge in [-0.05, 0) is 39.0 Å². The Morgan fingerprint density at radius 3 is 2.56 bits per heavy atom. The van der Waals surface area contributed by atoms with E-state index in [-0.39, 0.29) is 48.1 Å². The maximum absolute atomic E-state index is 13.0. The van der Waals surface area contributed by atoms with E-state index in [1.165, 1.54) is 0 Å². The van der Waals surface area contributed by atoms with Gasteiger partial charge in [-0.25, -0.2) is 0 Å². The molecule has 1 aliphatic carbocycles. The molecule has 0 saturated carbocycles. The van der Waals surface area contributed by atoms with Crippen molar-refractivity contribution in [2.24, 2.45) is 17.8 Å². The Bertz CT molecular complexity index is 647. The minimum atomic E-state index is -0.869. The van der Waals surface area contributed by atoms with Crippen molar-refractivity contribution in [1.82, 2.24) is 9.80 Å². The summed E-state index contributed by atoms with van der Waals surface area (Å²) >= 11 is 0. The highest BCUT2D eigenvalue weighted by Crippen LogP contribution is 2.37. The van der Waals surface area contributed by atoms with Crippen LogP contribution < -0.4 is 0 Å². The SMILES string of the molecule is C[C@]1(O)CCOC[C@@H]1[C@@H]1CCCN1C(=O)CN1C(=O)[C@H]2CC=CC[C@H]2C1=O. The summed E-state index contributed by atoms with van der Waals surface area (Å²) < 4.78 is 5.57. The van der Waals surface area contributed by atoms with E-state index < -0.39 is 5.60 Å². The Balaban J connectivity index is 1.46. The van der Waals surface area contributed by atoms with Crippen molar-refractivity contribution >= 4 is 17.7 Å². The molecule has 27 heavy (non-hydrogen) atoms. The zero-order valence-corrected chi connectivity index (χ0v) is 15.8. The van der Waals surface area contributed by atoms with Crippen LogP contribution in [0.3, 0.4) is 0 Å². The smallest absolute Gasteiger partial charge is 0.243 e. The van der Waals surface area contributed by atoms with E-state index in [4.69, 9.17) is 4.74 Å². The van der Waals surface area contributed by atoms with Gasteiger partial charge in [0.15, 0.2) is 0 Å². The van der Waals surface area contributed by atoms with Crippen LogP contribution >= 0.6 is 0 Å². The van der Waals surface area contributed by atoms with Crippen LogP contribution in [0.2, 0.25) is 0 Å². The Labute approximate surface area is 159 Å². The third-order valence-corrected chi connectivity index (χ3v) is 6.83. The number of rotatable bonds is 3. The van der Waals surface area contributed by atoms with E-state index >= 15 is 0 Å². The number of allylic oxidation sites excluding steroid dienone is 2. The number of aliphatic hydroxyl groups is 1. The predicted molar refractivity (Wildman–Crippen MR) is 96.4 cm³/mol. The minimum absolute atomic E-state index is 0.107. The first-order valence-corrected chi connectivity index (χ1v) is 10.00. The molecule has 0 unspecified atom stereocenters. The Morgan fingerprint density at radius 2 is 1.93 bits per heavy atom. The van der Waals surface area contributed by atoms with E-state index in [1.807, 2.05) is 19.1 Å². The second-order valence-corrected chi connectivity index (χ2v) is 8.50. The highest BCUT2D eigenvalue weighted by Gasteiger charge is 2.49. The number of nitrogens with zero attached hydrogens (tertiary/aromatic N) is 2. The van der Waals surface area contributed by atoms with Crippen molar-refractivity contribution in [2.75, 3.05) is 26.3 Å². The zero-order chi connectivity index (χ0) is 19.2. The standard InChI is InChI=1S/C20H28N2O5/c1-20(26)8-10-27-12-15(20)16-7-4-9-21(16)17(23)11-22-18(24)13-5-2-3-6-14(13)19(22)25/h2-3,13-16,26H,4-12H2,1H3/t13-,14+,15-,16+,20+/m1/s1. The van der Waals surface area contributed by atoms with E-state index in [0.29, 0.717) is 39.0 Å². The van der Waals surface area contributed by atoms with Crippen molar-refractivity contribution in [2.45, 2.75) is 50.7 Å². The summed E-state index contributed by atoms with van der Waals surface area (Å²) in [6.45, 7) is 3.18. The molecule has 3 saturated heterocycles. The van der Waals surface area contributed by atoms with Gasteiger partial charge in [-0.2, -0.15) is 0 Å². The molecule has 3 amide bonds. The van der Waals surface area contributed by atoms with Crippen molar-refractivity contribution in [1.29, 1.82) is 0 Å². The molecule has 0 aromatic rings. The number of hydrogen-bond acceptors (Lipinski definition) is 5. The molecule has 0 radical (unpaired) electrons. The van der Waals surface area contributed by atoms with Gasteiger partial charge in [0.1, 0.15) is 6.54 Å².